The average Bonchev–Trinajstić information content (AvgIpc) is 2.57. The number of H-pyrrole nitrogens is 2. The van der Waals surface area contributed by atoms with E-state index in [0.717, 1.165) is 11.4 Å². The van der Waals surface area contributed by atoms with E-state index in [9.17, 15) is 9.59 Å². The molecular formula is C9H7N3O2S. The van der Waals surface area contributed by atoms with Crippen LogP contribution in [0.5, 0.6) is 0 Å². The third kappa shape index (κ3) is 1.18. The van der Waals surface area contributed by atoms with E-state index in [1.54, 1.807) is 18.0 Å². The summed E-state index contributed by atoms with van der Waals surface area (Å²) in [5.41, 5.74) is 0.802. The quantitative estimate of drug-likeness (QED) is 0.687. The summed E-state index contributed by atoms with van der Waals surface area (Å²) >= 11 is 1.63. The van der Waals surface area contributed by atoms with Crippen molar-refractivity contribution < 1.29 is 0 Å². The molecule has 15 heavy (non-hydrogen) atoms. The van der Waals surface area contributed by atoms with Crippen LogP contribution < -0.4 is 11.2 Å². The molecule has 0 spiro atoms. The van der Waals surface area contributed by atoms with Gasteiger partial charge in [0.15, 0.2) is 0 Å². The number of aromatic nitrogens is 3. The summed E-state index contributed by atoms with van der Waals surface area (Å²) in [5.74, 6) is 0.763. The second-order valence-electron chi connectivity index (χ2n) is 3.28. The fraction of sp³-hybridized carbons (Fsp3) is 0.111. The summed E-state index contributed by atoms with van der Waals surface area (Å²) in [6, 6.07) is 0. The first-order valence-electron chi connectivity index (χ1n) is 4.40. The first-order chi connectivity index (χ1) is 7.25. The standard InChI is InChI=1S/C9H7N3O2S/c13-8-5-3-12-1-2-15-4-6(12)7(5)10-9(14)11-8/h1-3H,4H2,(H2,10,11,13,14). The molecular weight excluding hydrogens is 214 g/mol. The van der Waals surface area contributed by atoms with Gasteiger partial charge < -0.3 is 9.55 Å². The van der Waals surface area contributed by atoms with Crippen LogP contribution >= 0.6 is 11.8 Å². The Bertz CT molecular complexity index is 677. The largest absolute Gasteiger partial charge is 0.326 e. The summed E-state index contributed by atoms with van der Waals surface area (Å²) < 4.78 is 1.87. The van der Waals surface area contributed by atoms with Crippen molar-refractivity contribution >= 4 is 28.9 Å². The lowest BCUT2D eigenvalue weighted by Crippen LogP contribution is -2.21. The number of nitrogens with zero attached hydrogens (tertiary/aromatic N) is 1. The normalized spacial score (nSPS) is 14.4. The molecule has 76 valence electrons. The summed E-state index contributed by atoms with van der Waals surface area (Å²) in [4.78, 5) is 27.5. The fourth-order valence-electron chi connectivity index (χ4n) is 1.71. The van der Waals surface area contributed by atoms with Crippen LogP contribution in [0.15, 0.2) is 21.2 Å². The van der Waals surface area contributed by atoms with Crippen molar-refractivity contribution in [3.05, 3.63) is 38.1 Å². The molecule has 5 nitrogen and oxygen atoms in total. The van der Waals surface area contributed by atoms with E-state index in [2.05, 4.69) is 9.97 Å². The molecule has 2 aromatic rings. The van der Waals surface area contributed by atoms with Crippen molar-refractivity contribution in [2.24, 2.45) is 0 Å². The maximum absolute atomic E-state index is 11.5. The van der Waals surface area contributed by atoms with Crippen LogP contribution in [-0.4, -0.2) is 14.5 Å². The molecule has 0 fully saturated rings. The van der Waals surface area contributed by atoms with E-state index in [-0.39, 0.29) is 5.56 Å². The Balaban J connectivity index is 2.53. The molecule has 6 heteroatoms. The van der Waals surface area contributed by atoms with Crippen molar-refractivity contribution in [2.75, 3.05) is 0 Å². The van der Waals surface area contributed by atoms with Gasteiger partial charge in [-0.05, 0) is 5.41 Å². The highest BCUT2D eigenvalue weighted by Gasteiger charge is 2.13. The highest BCUT2D eigenvalue weighted by molar-refractivity contribution is 8.01. The third-order valence-electron chi connectivity index (χ3n) is 2.39. The Morgan fingerprint density at radius 1 is 1.33 bits per heavy atom. The first kappa shape index (κ1) is 8.60. The summed E-state index contributed by atoms with van der Waals surface area (Å²) in [6.07, 6.45) is 3.61. The first-order valence-corrected chi connectivity index (χ1v) is 5.45. The second kappa shape index (κ2) is 2.90. The lowest BCUT2D eigenvalue weighted by molar-refractivity contribution is 1.05. The number of hydrogen-bond acceptors (Lipinski definition) is 3. The molecule has 1 aliphatic heterocycles. The summed E-state index contributed by atoms with van der Waals surface area (Å²) in [7, 11) is 0. The van der Waals surface area contributed by atoms with Crippen LogP contribution in [0.1, 0.15) is 5.69 Å². The van der Waals surface area contributed by atoms with Crippen molar-refractivity contribution in [3.63, 3.8) is 0 Å². The molecule has 2 N–H and O–H groups in total. The van der Waals surface area contributed by atoms with Gasteiger partial charge in [-0.2, -0.15) is 0 Å². The molecule has 0 aliphatic carbocycles. The lowest BCUT2D eigenvalue weighted by Gasteiger charge is -2.07. The number of aromatic amines is 2. The average molecular weight is 221 g/mol. The van der Waals surface area contributed by atoms with Gasteiger partial charge in [0.25, 0.3) is 5.56 Å². The Kier molecular flexibility index (Phi) is 1.66. The highest BCUT2D eigenvalue weighted by Crippen LogP contribution is 2.25. The van der Waals surface area contributed by atoms with Gasteiger partial charge in [-0.25, -0.2) is 4.79 Å². The fourth-order valence-corrected chi connectivity index (χ4v) is 2.47. The zero-order valence-corrected chi connectivity index (χ0v) is 8.43. The zero-order valence-electron chi connectivity index (χ0n) is 7.61. The molecule has 0 radical (unpaired) electrons. The molecule has 0 amide bonds. The van der Waals surface area contributed by atoms with Gasteiger partial charge in [0.1, 0.15) is 0 Å². The van der Waals surface area contributed by atoms with Crippen LogP contribution in [0.2, 0.25) is 0 Å². The van der Waals surface area contributed by atoms with Crippen LogP contribution in [0.25, 0.3) is 17.1 Å². The number of fused-ring (bicyclic) bond motifs is 3. The van der Waals surface area contributed by atoms with E-state index in [1.807, 2.05) is 16.2 Å². The Hall–Kier alpha value is -1.69. The minimum atomic E-state index is -0.457. The highest BCUT2D eigenvalue weighted by atomic mass is 32.2. The molecule has 0 bridgehead atoms. The van der Waals surface area contributed by atoms with Crippen LogP contribution in [0.4, 0.5) is 0 Å². The molecule has 1 aliphatic rings. The number of rotatable bonds is 0. The van der Waals surface area contributed by atoms with Crippen LogP contribution in [-0.2, 0) is 5.75 Å². The predicted molar refractivity (Wildman–Crippen MR) is 59.8 cm³/mol. The summed E-state index contributed by atoms with van der Waals surface area (Å²) in [5, 5.41) is 2.48. The van der Waals surface area contributed by atoms with Gasteiger partial charge in [0.2, 0.25) is 0 Å². The van der Waals surface area contributed by atoms with Gasteiger partial charge in [-0.15, -0.1) is 11.8 Å². The van der Waals surface area contributed by atoms with Gasteiger partial charge in [-0.1, -0.05) is 0 Å². The van der Waals surface area contributed by atoms with Crippen molar-refractivity contribution in [1.82, 2.24) is 14.5 Å². The Morgan fingerprint density at radius 2 is 2.20 bits per heavy atom. The number of hydrogen-bond donors (Lipinski definition) is 2. The zero-order chi connectivity index (χ0) is 10.4. The molecule has 2 aromatic heterocycles. The maximum atomic E-state index is 11.5. The van der Waals surface area contributed by atoms with E-state index in [1.165, 1.54) is 0 Å². The molecule has 0 saturated carbocycles. The maximum Gasteiger partial charge on any atom is 0.326 e. The SMILES string of the molecule is O=c1[nH]c(=O)c2cn3c(c2[nH]1)CSC=C3. The van der Waals surface area contributed by atoms with Crippen molar-refractivity contribution in [1.29, 1.82) is 0 Å². The van der Waals surface area contributed by atoms with Gasteiger partial charge in [0, 0.05) is 18.1 Å². The Morgan fingerprint density at radius 3 is 3.07 bits per heavy atom. The van der Waals surface area contributed by atoms with E-state index in [0.29, 0.717) is 10.9 Å². The molecule has 3 rings (SSSR count). The molecule has 0 unspecified atom stereocenters. The van der Waals surface area contributed by atoms with Crippen LogP contribution in [0.3, 0.4) is 0 Å². The minimum absolute atomic E-state index is 0.339. The third-order valence-corrected chi connectivity index (χ3v) is 3.14. The topological polar surface area (TPSA) is 70.7 Å². The number of nitrogens with one attached hydrogen (secondary N) is 2. The van der Waals surface area contributed by atoms with E-state index < -0.39 is 5.69 Å². The van der Waals surface area contributed by atoms with Crippen molar-refractivity contribution in [2.45, 2.75) is 5.75 Å². The Labute approximate surface area is 87.8 Å². The second-order valence-corrected chi connectivity index (χ2v) is 4.17. The minimum Gasteiger partial charge on any atom is -0.323 e. The molecule has 0 aromatic carbocycles. The van der Waals surface area contributed by atoms with Crippen molar-refractivity contribution in [3.8, 4) is 0 Å². The van der Waals surface area contributed by atoms with Crippen LogP contribution in [0, 0.1) is 0 Å². The van der Waals surface area contributed by atoms with Gasteiger partial charge in [0.05, 0.1) is 16.6 Å². The predicted octanol–water partition coefficient (Wildman–Crippen LogP) is 0.693. The van der Waals surface area contributed by atoms with Gasteiger partial charge >= 0.3 is 5.69 Å². The number of thioether (sulfide) groups is 1. The molecule has 3 heterocycles. The lowest BCUT2D eigenvalue weighted by atomic mass is 10.3. The van der Waals surface area contributed by atoms with E-state index in [4.69, 9.17) is 0 Å². The molecule has 0 saturated heterocycles. The molecule has 0 atom stereocenters. The van der Waals surface area contributed by atoms with E-state index >= 15 is 0 Å². The monoisotopic (exact) mass is 221 g/mol. The summed E-state index contributed by atoms with van der Waals surface area (Å²) in [6.45, 7) is 0. The van der Waals surface area contributed by atoms with Gasteiger partial charge in [-0.3, -0.25) is 9.78 Å². The smallest absolute Gasteiger partial charge is 0.323 e.